The van der Waals surface area contributed by atoms with Crippen molar-refractivity contribution in [1.29, 1.82) is 0 Å². The van der Waals surface area contributed by atoms with E-state index in [-0.39, 0.29) is 11.8 Å². The largest absolute Gasteiger partial charge is 0.497 e. The second-order valence-corrected chi connectivity index (χ2v) is 6.09. The highest BCUT2D eigenvalue weighted by molar-refractivity contribution is 6.07. The molecule has 27 heavy (non-hydrogen) atoms. The summed E-state index contributed by atoms with van der Waals surface area (Å²) in [4.78, 5) is 24.8. The van der Waals surface area contributed by atoms with Gasteiger partial charge in [0.25, 0.3) is 11.8 Å². The van der Waals surface area contributed by atoms with Crippen molar-refractivity contribution in [3.63, 3.8) is 0 Å². The minimum Gasteiger partial charge on any atom is -0.497 e. The van der Waals surface area contributed by atoms with Gasteiger partial charge in [0.1, 0.15) is 5.75 Å². The van der Waals surface area contributed by atoms with Crippen LogP contribution in [0.25, 0.3) is 0 Å². The maximum Gasteiger partial charge on any atom is 0.255 e. The van der Waals surface area contributed by atoms with Crippen LogP contribution in [0.5, 0.6) is 5.75 Å². The van der Waals surface area contributed by atoms with E-state index in [1.165, 1.54) is 0 Å². The van der Waals surface area contributed by atoms with Gasteiger partial charge in [-0.2, -0.15) is 0 Å². The molecule has 0 aliphatic rings. The molecule has 0 aromatic heterocycles. The van der Waals surface area contributed by atoms with Gasteiger partial charge >= 0.3 is 0 Å². The number of hydrogen-bond acceptors (Lipinski definition) is 3. The Bertz CT molecular complexity index is 965. The third-order valence-electron chi connectivity index (χ3n) is 4.01. The van der Waals surface area contributed by atoms with E-state index in [1.54, 1.807) is 55.6 Å². The summed E-state index contributed by atoms with van der Waals surface area (Å²) in [6, 6.07) is 21.2. The molecule has 2 N–H and O–H groups in total. The first-order chi connectivity index (χ1) is 13.0. The molecule has 0 atom stereocenters. The molecular formula is C22H20N2O3. The standard InChI is InChI=1S/C22H20N2O3/c1-15-5-3-7-18(13-15)23-22(26)17-6-4-8-19(14-17)24-21(25)16-9-11-20(27-2)12-10-16/h3-14H,1-2H3,(H,23,26)(H,24,25). The Labute approximate surface area is 158 Å². The molecule has 136 valence electrons. The number of carbonyl (C=O) groups is 2. The fraction of sp³-hybridized carbons (Fsp3) is 0.0909. The van der Waals surface area contributed by atoms with Crippen LogP contribution < -0.4 is 15.4 Å². The van der Waals surface area contributed by atoms with Gasteiger partial charge in [0.2, 0.25) is 0 Å². The first-order valence-corrected chi connectivity index (χ1v) is 8.48. The van der Waals surface area contributed by atoms with Gasteiger partial charge in [0.05, 0.1) is 7.11 Å². The number of benzene rings is 3. The van der Waals surface area contributed by atoms with E-state index in [0.29, 0.717) is 22.6 Å². The predicted molar refractivity (Wildman–Crippen MR) is 107 cm³/mol. The van der Waals surface area contributed by atoms with E-state index < -0.39 is 0 Å². The number of methoxy groups -OCH3 is 1. The maximum absolute atomic E-state index is 12.5. The van der Waals surface area contributed by atoms with E-state index >= 15 is 0 Å². The maximum atomic E-state index is 12.5. The minimum atomic E-state index is -0.256. The summed E-state index contributed by atoms with van der Waals surface area (Å²) in [7, 11) is 1.57. The molecule has 3 aromatic rings. The summed E-state index contributed by atoms with van der Waals surface area (Å²) >= 11 is 0. The lowest BCUT2D eigenvalue weighted by Gasteiger charge is -2.09. The van der Waals surface area contributed by atoms with E-state index in [4.69, 9.17) is 4.74 Å². The third kappa shape index (κ3) is 4.73. The van der Waals surface area contributed by atoms with E-state index in [1.807, 2.05) is 31.2 Å². The fourth-order valence-electron chi connectivity index (χ4n) is 2.61. The highest BCUT2D eigenvalue weighted by atomic mass is 16.5. The quantitative estimate of drug-likeness (QED) is 0.703. The van der Waals surface area contributed by atoms with Crippen molar-refractivity contribution in [2.45, 2.75) is 6.92 Å². The zero-order chi connectivity index (χ0) is 19.2. The van der Waals surface area contributed by atoms with Crippen molar-refractivity contribution in [2.75, 3.05) is 17.7 Å². The first kappa shape index (κ1) is 18.2. The van der Waals surface area contributed by atoms with Crippen molar-refractivity contribution in [2.24, 2.45) is 0 Å². The third-order valence-corrected chi connectivity index (χ3v) is 4.01. The second-order valence-electron chi connectivity index (χ2n) is 6.09. The van der Waals surface area contributed by atoms with Crippen LogP contribution in [0.4, 0.5) is 11.4 Å². The smallest absolute Gasteiger partial charge is 0.255 e. The Kier molecular flexibility index (Phi) is 5.52. The Morgan fingerprint density at radius 3 is 1.96 bits per heavy atom. The Hall–Kier alpha value is -3.60. The molecule has 0 radical (unpaired) electrons. The highest BCUT2D eigenvalue weighted by Crippen LogP contribution is 2.17. The molecule has 0 unspecified atom stereocenters. The normalized spacial score (nSPS) is 10.1. The molecule has 0 saturated heterocycles. The molecule has 0 aliphatic heterocycles. The summed E-state index contributed by atoms with van der Waals surface area (Å²) in [5, 5.41) is 5.66. The molecule has 0 spiro atoms. The molecule has 5 nitrogen and oxygen atoms in total. The summed E-state index contributed by atoms with van der Waals surface area (Å²) < 4.78 is 5.09. The zero-order valence-electron chi connectivity index (χ0n) is 15.2. The Balaban J connectivity index is 1.70. The van der Waals surface area contributed by atoms with Crippen LogP contribution in [0.15, 0.2) is 72.8 Å². The summed E-state index contributed by atoms with van der Waals surface area (Å²) in [5.41, 5.74) is 3.31. The Morgan fingerprint density at radius 1 is 0.741 bits per heavy atom. The van der Waals surface area contributed by atoms with Crippen LogP contribution >= 0.6 is 0 Å². The van der Waals surface area contributed by atoms with Gasteiger partial charge in [-0.15, -0.1) is 0 Å². The van der Waals surface area contributed by atoms with E-state index in [0.717, 1.165) is 11.3 Å². The molecule has 0 fully saturated rings. The summed E-state index contributed by atoms with van der Waals surface area (Å²) in [6.07, 6.45) is 0. The molecule has 2 amide bonds. The summed E-state index contributed by atoms with van der Waals surface area (Å²) in [5.74, 6) is 0.191. The van der Waals surface area contributed by atoms with Gasteiger partial charge in [-0.05, 0) is 67.1 Å². The number of hydrogen-bond donors (Lipinski definition) is 2. The van der Waals surface area contributed by atoms with Crippen molar-refractivity contribution in [1.82, 2.24) is 0 Å². The highest BCUT2D eigenvalue weighted by Gasteiger charge is 2.10. The lowest BCUT2D eigenvalue weighted by molar-refractivity contribution is 0.101. The van der Waals surface area contributed by atoms with Crippen molar-refractivity contribution in [3.8, 4) is 5.75 Å². The molecular weight excluding hydrogens is 340 g/mol. The summed E-state index contributed by atoms with van der Waals surface area (Å²) in [6.45, 7) is 1.96. The number of carbonyl (C=O) groups excluding carboxylic acids is 2. The number of nitrogens with one attached hydrogen (secondary N) is 2. The van der Waals surface area contributed by atoms with Crippen molar-refractivity contribution in [3.05, 3.63) is 89.5 Å². The molecule has 0 heterocycles. The zero-order valence-corrected chi connectivity index (χ0v) is 15.2. The predicted octanol–water partition coefficient (Wildman–Crippen LogP) is 4.51. The average Bonchev–Trinajstić information content (AvgIpc) is 2.68. The number of aryl methyl sites for hydroxylation is 1. The number of rotatable bonds is 5. The van der Waals surface area contributed by atoms with Crippen LogP contribution in [-0.2, 0) is 0 Å². The van der Waals surface area contributed by atoms with Gasteiger partial charge in [0, 0.05) is 22.5 Å². The fourth-order valence-corrected chi connectivity index (χ4v) is 2.61. The molecule has 5 heteroatoms. The van der Waals surface area contributed by atoms with Gasteiger partial charge in [-0.3, -0.25) is 9.59 Å². The number of ether oxygens (including phenoxy) is 1. The van der Waals surface area contributed by atoms with Crippen LogP contribution in [0.3, 0.4) is 0 Å². The number of amides is 2. The number of anilines is 2. The molecule has 0 aliphatic carbocycles. The SMILES string of the molecule is COc1ccc(C(=O)Nc2cccc(C(=O)Nc3cccc(C)c3)c2)cc1. The molecule has 3 rings (SSSR count). The Morgan fingerprint density at radius 2 is 1.33 bits per heavy atom. The van der Waals surface area contributed by atoms with Crippen LogP contribution in [-0.4, -0.2) is 18.9 Å². The lowest BCUT2D eigenvalue weighted by Crippen LogP contribution is -2.14. The molecule has 0 bridgehead atoms. The van der Waals surface area contributed by atoms with E-state index in [9.17, 15) is 9.59 Å². The van der Waals surface area contributed by atoms with Crippen molar-refractivity contribution < 1.29 is 14.3 Å². The van der Waals surface area contributed by atoms with E-state index in [2.05, 4.69) is 10.6 Å². The van der Waals surface area contributed by atoms with Crippen LogP contribution in [0.1, 0.15) is 26.3 Å². The van der Waals surface area contributed by atoms with Gasteiger partial charge < -0.3 is 15.4 Å². The first-order valence-electron chi connectivity index (χ1n) is 8.48. The topological polar surface area (TPSA) is 67.4 Å². The molecule has 3 aromatic carbocycles. The minimum absolute atomic E-state index is 0.235. The van der Waals surface area contributed by atoms with Crippen LogP contribution in [0, 0.1) is 6.92 Å². The van der Waals surface area contributed by atoms with Crippen molar-refractivity contribution >= 4 is 23.2 Å². The molecule has 0 saturated carbocycles. The van der Waals surface area contributed by atoms with Crippen LogP contribution in [0.2, 0.25) is 0 Å². The van der Waals surface area contributed by atoms with Gasteiger partial charge in [-0.1, -0.05) is 18.2 Å². The monoisotopic (exact) mass is 360 g/mol. The second kappa shape index (κ2) is 8.19. The average molecular weight is 360 g/mol. The van der Waals surface area contributed by atoms with Gasteiger partial charge in [-0.25, -0.2) is 0 Å². The lowest BCUT2D eigenvalue weighted by atomic mass is 10.1. The van der Waals surface area contributed by atoms with Gasteiger partial charge in [0.15, 0.2) is 0 Å².